The Balaban J connectivity index is 2.05. The van der Waals surface area contributed by atoms with Crippen molar-refractivity contribution in [3.8, 4) is 5.75 Å². The molecule has 0 radical (unpaired) electrons. The lowest BCUT2D eigenvalue weighted by atomic mass is 10.2. The Morgan fingerprint density at radius 3 is 2.63 bits per heavy atom. The number of urea groups is 1. The SMILES string of the molecule is Nc1cc(O)ccc1NC(=O)Nc1cccc(Cl)c1. The number of nitrogens with two attached hydrogens (primary N) is 1. The van der Waals surface area contributed by atoms with Gasteiger partial charge in [0.15, 0.2) is 0 Å². The number of anilines is 3. The Morgan fingerprint density at radius 1 is 1.16 bits per heavy atom. The van der Waals surface area contributed by atoms with Crippen LogP contribution in [0.4, 0.5) is 21.9 Å². The normalized spacial score (nSPS) is 9.95. The Hall–Kier alpha value is -2.40. The highest BCUT2D eigenvalue weighted by molar-refractivity contribution is 6.30. The topological polar surface area (TPSA) is 87.4 Å². The summed E-state index contributed by atoms with van der Waals surface area (Å²) >= 11 is 5.81. The summed E-state index contributed by atoms with van der Waals surface area (Å²) in [6, 6.07) is 10.6. The van der Waals surface area contributed by atoms with E-state index in [1.807, 2.05) is 0 Å². The van der Waals surface area contributed by atoms with E-state index in [-0.39, 0.29) is 11.4 Å². The summed E-state index contributed by atoms with van der Waals surface area (Å²) in [5.41, 5.74) is 6.93. The third-order valence-corrected chi connectivity index (χ3v) is 2.60. The van der Waals surface area contributed by atoms with Crippen molar-refractivity contribution < 1.29 is 9.90 Å². The first-order chi connectivity index (χ1) is 9.04. The Bertz CT molecular complexity index is 617. The number of benzene rings is 2. The van der Waals surface area contributed by atoms with Gasteiger partial charge in [0.1, 0.15) is 5.75 Å². The van der Waals surface area contributed by atoms with Crippen molar-refractivity contribution in [1.82, 2.24) is 0 Å². The van der Waals surface area contributed by atoms with Gasteiger partial charge >= 0.3 is 6.03 Å². The molecular weight excluding hydrogens is 266 g/mol. The number of amides is 2. The van der Waals surface area contributed by atoms with E-state index in [1.165, 1.54) is 18.2 Å². The Morgan fingerprint density at radius 2 is 1.95 bits per heavy atom. The van der Waals surface area contributed by atoms with E-state index in [2.05, 4.69) is 10.6 Å². The van der Waals surface area contributed by atoms with Gasteiger partial charge in [-0.2, -0.15) is 0 Å². The van der Waals surface area contributed by atoms with E-state index in [4.69, 9.17) is 17.3 Å². The van der Waals surface area contributed by atoms with Crippen LogP contribution in [-0.4, -0.2) is 11.1 Å². The maximum absolute atomic E-state index is 11.7. The van der Waals surface area contributed by atoms with Crippen LogP contribution in [0.1, 0.15) is 0 Å². The van der Waals surface area contributed by atoms with E-state index in [9.17, 15) is 9.90 Å². The summed E-state index contributed by atoms with van der Waals surface area (Å²) in [4.78, 5) is 11.7. The largest absolute Gasteiger partial charge is 0.508 e. The van der Waals surface area contributed by atoms with Crippen molar-refractivity contribution in [1.29, 1.82) is 0 Å². The number of phenolic OH excluding ortho intramolecular Hbond substituents is 1. The second-order valence-electron chi connectivity index (χ2n) is 3.86. The molecule has 0 atom stereocenters. The molecule has 0 bridgehead atoms. The van der Waals surface area contributed by atoms with Crippen molar-refractivity contribution >= 4 is 34.7 Å². The molecule has 0 aromatic heterocycles. The van der Waals surface area contributed by atoms with E-state index >= 15 is 0 Å². The van der Waals surface area contributed by atoms with Gasteiger partial charge in [0.2, 0.25) is 0 Å². The van der Waals surface area contributed by atoms with Gasteiger partial charge in [0, 0.05) is 16.8 Å². The molecular formula is C13H12ClN3O2. The summed E-state index contributed by atoms with van der Waals surface area (Å²) in [5.74, 6) is 0.0401. The van der Waals surface area contributed by atoms with Crippen LogP contribution in [-0.2, 0) is 0 Å². The van der Waals surface area contributed by atoms with Crippen molar-refractivity contribution in [2.45, 2.75) is 0 Å². The first-order valence-corrected chi connectivity index (χ1v) is 5.84. The fraction of sp³-hybridized carbons (Fsp3) is 0. The molecule has 2 aromatic carbocycles. The predicted molar refractivity (Wildman–Crippen MR) is 76.6 cm³/mol. The maximum atomic E-state index is 11.7. The lowest BCUT2D eigenvalue weighted by Crippen LogP contribution is -2.20. The van der Waals surface area contributed by atoms with Crippen LogP contribution in [0.15, 0.2) is 42.5 Å². The molecule has 0 spiro atoms. The van der Waals surface area contributed by atoms with E-state index in [1.54, 1.807) is 24.3 Å². The lowest BCUT2D eigenvalue weighted by molar-refractivity contribution is 0.262. The minimum atomic E-state index is -0.445. The van der Waals surface area contributed by atoms with Crippen LogP contribution in [0.2, 0.25) is 5.02 Å². The lowest BCUT2D eigenvalue weighted by Gasteiger charge is -2.10. The van der Waals surface area contributed by atoms with E-state index in [0.29, 0.717) is 16.4 Å². The summed E-state index contributed by atoms with van der Waals surface area (Å²) in [5, 5.41) is 14.9. The molecule has 0 heterocycles. The van der Waals surface area contributed by atoms with Gasteiger partial charge in [-0.3, -0.25) is 0 Å². The monoisotopic (exact) mass is 277 g/mol. The summed E-state index contributed by atoms with van der Waals surface area (Å²) < 4.78 is 0. The van der Waals surface area contributed by atoms with Crippen LogP contribution in [0.3, 0.4) is 0 Å². The van der Waals surface area contributed by atoms with Crippen molar-refractivity contribution in [3.05, 3.63) is 47.5 Å². The number of hydrogen-bond donors (Lipinski definition) is 4. The zero-order valence-corrected chi connectivity index (χ0v) is 10.6. The molecule has 5 N–H and O–H groups in total. The van der Waals surface area contributed by atoms with Gasteiger partial charge in [0.25, 0.3) is 0 Å². The number of phenols is 1. The zero-order chi connectivity index (χ0) is 13.8. The maximum Gasteiger partial charge on any atom is 0.323 e. The minimum Gasteiger partial charge on any atom is -0.508 e. The quantitative estimate of drug-likeness (QED) is 0.502. The number of rotatable bonds is 2. The van der Waals surface area contributed by atoms with Crippen LogP contribution in [0, 0.1) is 0 Å². The molecule has 0 saturated carbocycles. The zero-order valence-electron chi connectivity index (χ0n) is 9.85. The first kappa shape index (κ1) is 13.0. The average Bonchev–Trinajstić information content (AvgIpc) is 2.33. The highest BCUT2D eigenvalue weighted by Crippen LogP contribution is 2.23. The molecule has 0 aliphatic carbocycles. The van der Waals surface area contributed by atoms with Crippen LogP contribution < -0.4 is 16.4 Å². The third kappa shape index (κ3) is 3.53. The van der Waals surface area contributed by atoms with Crippen LogP contribution >= 0.6 is 11.6 Å². The molecule has 98 valence electrons. The molecule has 2 aromatic rings. The second-order valence-corrected chi connectivity index (χ2v) is 4.30. The number of halogens is 1. The molecule has 0 unspecified atom stereocenters. The number of nitrogen functional groups attached to an aromatic ring is 1. The number of carbonyl (C=O) groups excluding carboxylic acids is 1. The highest BCUT2D eigenvalue weighted by Gasteiger charge is 2.06. The number of hydrogen-bond acceptors (Lipinski definition) is 3. The minimum absolute atomic E-state index is 0.0401. The van der Waals surface area contributed by atoms with E-state index in [0.717, 1.165) is 0 Å². The summed E-state index contributed by atoms with van der Waals surface area (Å²) in [7, 11) is 0. The molecule has 6 heteroatoms. The van der Waals surface area contributed by atoms with Crippen LogP contribution in [0.25, 0.3) is 0 Å². The molecule has 5 nitrogen and oxygen atoms in total. The standard InChI is InChI=1S/C13H12ClN3O2/c14-8-2-1-3-9(6-8)16-13(19)17-12-5-4-10(18)7-11(12)15/h1-7,18H,15H2,(H2,16,17,19). The Labute approximate surface area is 115 Å². The average molecular weight is 278 g/mol. The molecule has 19 heavy (non-hydrogen) atoms. The van der Waals surface area contributed by atoms with Gasteiger partial charge in [-0.1, -0.05) is 17.7 Å². The molecule has 2 rings (SSSR count). The van der Waals surface area contributed by atoms with Gasteiger partial charge in [-0.25, -0.2) is 4.79 Å². The van der Waals surface area contributed by atoms with Crippen molar-refractivity contribution in [3.63, 3.8) is 0 Å². The van der Waals surface area contributed by atoms with Crippen LogP contribution in [0.5, 0.6) is 5.75 Å². The molecule has 0 saturated heterocycles. The summed E-state index contributed by atoms with van der Waals surface area (Å²) in [6.45, 7) is 0. The number of carbonyl (C=O) groups is 1. The second kappa shape index (κ2) is 5.49. The number of nitrogens with one attached hydrogen (secondary N) is 2. The molecule has 2 amide bonds. The molecule has 0 aliphatic heterocycles. The fourth-order valence-electron chi connectivity index (χ4n) is 1.51. The molecule has 0 fully saturated rings. The van der Waals surface area contributed by atoms with Gasteiger partial charge in [-0.05, 0) is 30.3 Å². The highest BCUT2D eigenvalue weighted by atomic mass is 35.5. The predicted octanol–water partition coefficient (Wildman–Crippen LogP) is 3.27. The van der Waals surface area contributed by atoms with Gasteiger partial charge < -0.3 is 21.5 Å². The van der Waals surface area contributed by atoms with Crippen molar-refractivity contribution in [2.75, 3.05) is 16.4 Å². The van der Waals surface area contributed by atoms with Gasteiger partial charge in [-0.15, -0.1) is 0 Å². The summed E-state index contributed by atoms with van der Waals surface area (Å²) in [6.07, 6.45) is 0. The third-order valence-electron chi connectivity index (χ3n) is 2.37. The van der Waals surface area contributed by atoms with Crippen molar-refractivity contribution in [2.24, 2.45) is 0 Å². The first-order valence-electron chi connectivity index (χ1n) is 5.46. The van der Waals surface area contributed by atoms with Gasteiger partial charge in [0.05, 0.1) is 11.4 Å². The van der Waals surface area contributed by atoms with E-state index < -0.39 is 6.03 Å². The number of aromatic hydroxyl groups is 1. The Kier molecular flexibility index (Phi) is 3.77. The smallest absolute Gasteiger partial charge is 0.323 e. The fourth-order valence-corrected chi connectivity index (χ4v) is 1.71. The molecule has 0 aliphatic rings.